The first-order valence-corrected chi connectivity index (χ1v) is 18.8. The smallest absolute Gasteiger partial charge is 0.405 e. The minimum atomic E-state index is -3.91. The lowest BCUT2D eigenvalue weighted by Gasteiger charge is -2.40. The summed E-state index contributed by atoms with van der Waals surface area (Å²) in [4.78, 5) is 56.1. The Morgan fingerprint density at radius 1 is 1.00 bits per heavy atom. The summed E-state index contributed by atoms with van der Waals surface area (Å²) in [5.41, 5.74) is -1.24. The molecule has 3 aliphatic rings. The molecule has 2 saturated carbocycles. The summed E-state index contributed by atoms with van der Waals surface area (Å²) in [6, 6.07) is 15.0. The van der Waals surface area contributed by atoms with Gasteiger partial charge in [0.2, 0.25) is 21.8 Å². The molecule has 1 saturated heterocycles. The molecule has 13 heteroatoms. The van der Waals surface area contributed by atoms with Gasteiger partial charge in [0.15, 0.2) is 0 Å². The number of likely N-dealkylation sites (tertiary alicyclic amines) is 1. The van der Waals surface area contributed by atoms with Gasteiger partial charge in [-0.3, -0.25) is 19.1 Å². The van der Waals surface area contributed by atoms with Crippen molar-refractivity contribution in [3.05, 3.63) is 72.8 Å². The van der Waals surface area contributed by atoms with Crippen molar-refractivity contribution >= 4 is 33.8 Å². The van der Waals surface area contributed by atoms with E-state index in [-0.39, 0.29) is 24.8 Å². The number of ether oxygens (including phenoxy) is 1. The molecule has 2 aromatic carbocycles. The fourth-order valence-electron chi connectivity index (χ4n) is 7.78. The van der Waals surface area contributed by atoms with E-state index in [0.29, 0.717) is 24.8 Å². The van der Waals surface area contributed by atoms with Crippen LogP contribution in [0.5, 0.6) is 0 Å². The van der Waals surface area contributed by atoms with Gasteiger partial charge in [-0.15, -0.1) is 6.58 Å². The fraction of sp³-hybridized carbons (Fsp3) is 0.526. The zero-order valence-corrected chi connectivity index (χ0v) is 31.0. The number of methoxy groups -OCH3 is 1. The van der Waals surface area contributed by atoms with Crippen molar-refractivity contribution in [2.24, 2.45) is 16.7 Å². The molecular weight excluding hydrogens is 673 g/mol. The molecule has 4 N–H and O–H groups in total. The standard InChI is InChI=1S/C38H50N4O8S/c1-8-26-20-38(26,33(45)41-51(48,49)28-18-19-28)40-31(43)29-21-37(50-7,27-16-14-25(15-17-27)24-12-10-9-11-13-24)23-42(29)32(44)30(39-34(46)47)36(5,6)22-35(2,3)4/h8-17,26,28-30,39H,1,18-23H2,2-7H3,(H,40,43)(H,41,45)(H,46,47)/t26-,29+,30-,37+,38-/m1/s1. The van der Waals surface area contributed by atoms with Crippen LogP contribution in [-0.2, 0) is 34.7 Å². The SMILES string of the molecule is C=C[C@@H]1C[C@]1(NC(=O)[C@@H]1C[C@@](OC)(c2ccc(-c3ccccc3)cc2)CN1C(=O)[C@@H](NC(=O)O)C(C)(C)CC(C)(C)C)C(=O)NS(=O)(=O)C1CC1. The maximum atomic E-state index is 14.7. The summed E-state index contributed by atoms with van der Waals surface area (Å²) in [5, 5.41) is 14.5. The quantitative estimate of drug-likeness (QED) is 0.218. The van der Waals surface area contributed by atoms with E-state index in [4.69, 9.17) is 4.74 Å². The molecule has 4 amide bonds. The maximum absolute atomic E-state index is 14.7. The molecule has 0 aromatic heterocycles. The topological polar surface area (TPSA) is 171 Å². The van der Waals surface area contributed by atoms with Crippen LogP contribution in [-0.4, -0.2) is 78.8 Å². The monoisotopic (exact) mass is 722 g/mol. The molecule has 0 bridgehead atoms. The second-order valence-corrected chi connectivity index (χ2v) is 18.1. The van der Waals surface area contributed by atoms with Crippen molar-refractivity contribution in [2.75, 3.05) is 13.7 Å². The third-order valence-electron chi connectivity index (χ3n) is 10.4. The molecule has 12 nitrogen and oxygen atoms in total. The minimum Gasteiger partial charge on any atom is -0.465 e. The predicted octanol–water partition coefficient (Wildman–Crippen LogP) is 4.56. The number of rotatable bonds is 13. The summed E-state index contributed by atoms with van der Waals surface area (Å²) in [7, 11) is -2.41. The van der Waals surface area contributed by atoms with Crippen LogP contribution in [0.3, 0.4) is 0 Å². The molecule has 276 valence electrons. The third-order valence-corrected chi connectivity index (χ3v) is 12.2. The Kier molecular flexibility index (Phi) is 10.2. The first kappa shape index (κ1) is 38.0. The van der Waals surface area contributed by atoms with Crippen molar-refractivity contribution < 1.29 is 37.4 Å². The first-order valence-electron chi connectivity index (χ1n) is 17.3. The summed E-state index contributed by atoms with van der Waals surface area (Å²) < 4.78 is 33.8. The van der Waals surface area contributed by atoms with E-state index < -0.39 is 73.6 Å². The second-order valence-electron chi connectivity index (χ2n) is 16.1. The van der Waals surface area contributed by atoms with Crippen LogP contribution in [0.15, 0.2) is 67.3 Å². The zero-order valence-electron chi connectivity index (χ0n) is 30.2. The van der Waals surface area contributed by atoms with Crippen molar-refractivity contribution in [1.82, 2.24) is 20.3 Å². The van der Waals surface area contributed by atoms with Gasteiger partial charge in [0, 0.05) is 19.4 Å². The Hall–Kier alpha value is -4.23. The van der Waals surface area contributed by atoms with Crippen LogP contribution in [0.4, 0.5) is 4.79 Å². The van der Waals surface area contributed by atoms with Gasteiger partial charge < -0.3 is 25.4 Å². The fourth-order valence-corrected chi connectivity index (χ4v) is 9.14. The summed E-state index contributed by atoms with van der Waals surface area (Å²) >= 11 is 0. The molecule has 3 fully saturated rings. The van der Waals surface area contributed by atoms with Gasteiger partial charge in [-0.1, -0.05) is 95.3 Å². The van der Waals surface area contributed by atoms with Crippen molar-refractivity contribution in [1.29, 1.82) is 0 Å². The Labute approximate surface area is 300 Å². The number of carbonyl (C=O) groups excluding carboxylic acids is 3. The number of nitrogens with zero attached hydrogens (tertiary/aromatic N) is 1. The van der Waals surface area contributed by atoms with Gasteiger partial charge >= 0.3 is 6.09 Å². The number of nitrogens with one attached hydrogen (secondary N) is 3. The molecule has 1 aliphatic heterocycles. The Morgan fingerprint density at radius 2 is 1.61 bits per heavy atom. The van der Waals surface area contributed by atoms with E-state index in [1.54, 1.807) is 0 Å². The van der Waals surface area contributed by atoms with Crippen LogP contribution in [0.1, 0.15) is 72.3 Å². The Bertz CT molecular complexity index is 1790. The predicted molar refractivity (Wildman–Crippen MR) is 193 cm³/mol. The maximum Gasteiger partial charge on any atom is 0.405 e. The average molecular weight is 723 g/mol. The van der Waals surface area contributed by atoms with E-state index in [1.807, 2.05) is 89.2 Å². The van der Waals surface area contributed by atoms with Crippen LogP contribution >= 0.6 is 0 Å². The lowest BCUT2D eigenvalue weighted by molar-refractivity contribution is -0.143. The number of sulfonamides is 1. The van der Waals surface area contributed by atoms with E-state index in [2.05, 4.69) is 21.9 Å². The highest BCUT2D eigenvalue weighted by atomic mass is 32.2. The number of hydrogen-bond acceptors (Lipinski definition) is 7. The van der Waals surface area contributed by atoms with Crippen molar-refractivity contribution in [3.8, 4) is 11.1 Å². The van der Waals surface area contributed by atoms with Crippen molar-refractivity contribution in [3.63, 3.8) is 0 Å². The van der Waals surface area contributed by atoms with E-state index in [1.165, 1.54) is 18.1 Å². The average Bonchev–Trinajstić information content (AvgIpc) is 3.99. The van der Waals surface area contributed by atoms with Gasteiger partial charge in [0.05, 0.1) is 11.8 Å². The Balaban J connectivity index is 1.52. The summed E-state index contributed by atoms with van der Waals surface area (Å²) in [6.07, 6.45) is 1.61. The summed E-state index contributed by atoms with van der Waals surface area (Å²) in [6.45, 7) is 13.3. The van der Waals surface area contributed by atoms with Gasteiger partial charge in [-0.05, 0) is 53.2 Å². The van der Waals surface area contributed by atoms with Gasteiger partial charge in [-0.2, -0.15) is 0 Å². The van der Waals surface area contributed by atoms with Crippen LogP contribution in [0, 0.1) is 16.7 Å². The third kappa shape index (κ3) is 7.99. The molecule has 0 spiro atoms. The first-order chi connectivity index (χ1) is 23.8. The van der Waals surface area contributed by atoms with Crippen LogP contribution in [0.25, 0.3) is 11.1 Å². The number of carbonyl (C=O) groups is 4. The van der Waals surface area contributed by atoms with Gasteiger partial charge in [-0.25, -0.2) is 13.2 Å². The number of hydrogen-bond donors (Lipinski definition) is 4. The number of carboxylic acid groups (broad SMARTS) is 1. The minimum absolute atomic E-state index is 0.0118. The molecule has 0 radical (unpaired) electrons. The zero-order chi connectivity index (χ0) is 37.6. The molecule has 0 unspecified atom stereocenters. The van der Waals surface area contributed by atoms with Gasteiger partial charge in [0.25, 0.3) is 5.91 Å². The molecule has 1 heterocycles. The van der Waals surface area contributed by atoms with E-state index in [9.17, 15) is 32.7 Å². The molecular formula is C38H50N4O8S. The lowest BCUT2D eigenvalue weighted by atomic mass is 9.71. The lowest BCUT2D eigenvalue weighted by Crippen LogP contribution is -2.60. The molecule has 2 aromatic rings. The van der Waals surface area contributed by atoms with Crippen molar-refractivity contribution in [2.45, 2.75) is 95.2 Å². The van der Waals surface area contributed by atoms with Crippen LogP contribution in [0.2, 0.25) is 0 Å². The highest BCUT2D eigenvalue weighted by molar-refractivity contribution is 7.91. The van der Waals surface area contributed by atoms with Crippen LogP contribution < -0.4 is 15.4 Å². The van der Waals surface area contributed by atoms with E-state index in [0.717, 1.165) is 11.1 Å². The molecule has 5 atom stereocenters. The molecule has 51 heavy (non-hydrogen) atoms. The normalized spacial score (nSPS) is 25.4. The van der Waals surface area contributed by atoms with E-state index >= 15 is 0 Å². The largest absolute Gasteiger partial charge is 0.465 e. The summed E-state index contributed by atoms with van der Waals surface area (Å²) in [5.74, 6) is -2.69. The number of amides is 4. The Morgan fingerprint density at radius 3 is 2.12 bits per heavy atom. The molecule has 2 aliphatic carbocycles. The highest BCUT2D eigenvalue weighted by Gasteiger charge is 2.63. The van der Waals surface area contributed by atoms with Gasteiger partial charge in [0.1, 0.15) is 23.2 Å². The second kappa shape index (κ2) is 13.7. The molecule has 5 rings (SSSR count). The highest BCUT2D eigenvalue weighted by Crippen LogP contribution is 2.47. The number of benzene rings is 2.